The van der Waals surface area contributed by atoms with Crippen LogP contribution in [0.15, 0.2) is 78.9 Å². The SMILES string of the molecule is CCc1ccc(C(=O)C(C)OC(=O)c2ccc(Oc3ccccc3)cc2)cc1. The molecule has 3 aromatic carbocycles. The molecule has 0 saturated carbocycles. The van der Waals surface area contributed by atoms with Gasteiger partial charge in [0.15, 0.2) is 6.10 Å². The van der Waals surface area contributed by atoms with E-state index in [2.05, 4.69) is 6.92 Å². The number of carbonyl (C=O) groups excluding carboxylic acids is 2. The molecule has 0 fully saturated rings. The van der Waals surface area contributed by atoms with Gasteiger partial charge in [0.05, 0.1) is 5.56 Å². The Morgan fingerprint density at radius 3 is 1.96 bits per heavy atom. The molecule has 0 aromatic heterocycles. The quantitative estimate of drug-likeness (QED) is 0.406. The predicted molar refractivity (Wildman–Crippen MR) is 108 cm³/mol. The number of esters is 1. The second-order valence-corrected chi connectivity index (χ2v) is 6.40. The number of hydrogen-bond acceptors (Lipinski definition) is 4. The summed E-state index contributed by atoms with van der Waals surface area (Å²) in [6.07, 6.45) is 0.0448. The highest BCUT2D eigenvalue weighted by molar-refractivity contribution is 6.01. The number of aryl methyl sites for hydroxylation is 1. The Bertz CT molecular complexity index is 929. The van der Waals surface area contributed by atoms with E-state index < -0.39 is 12.1 Å². The number of para-hydroxylation sites is 1. The lowest BCUT2D eigenvalue weighted by Crippen LogP contribution is -2.24. The van der Waals surface area contributed by atoms with E-state index >= 15 is 0 Å². The summed E-state index contributed by atoms with van der Waals surface area (Å²) < 4.78 is 11.0. The maximum Gasteiger partial charge on any atom is 0.338 e. The van der Waals surface area contributed by atoms with Gasteiger partial charge in [0.2, 0.25) is 5.78 Å². The van der Waals surface area contributed by atoms with Crippen molar-refractivity contribution >= 4 is 11.8 Å². The van der Waals surface area contributed by atoms with Crippen LogP contribution in [-0.4, -0.2) is 17.9 Å². The largest absolute Gasteiger partial charge is 0.457 e. The van der Waals surface area contributed by atoms with Crippen molar-refractivity contribution in [3.05, 3.63) is 95.6 Å². The van der Waals surface area contributed by atoms with E-state index in [1.54, 1.807) is 43.3 Å². The van der Waals surface area contributed by atoms with Crippen molar-refractivity contribution in [2.75, 3.05) is 0 Å². The molecule has 0 amide bonds. The molecular weight excluding hydrogens is 352 g/mol. The molecule has 0 aliphatic heterocycles. The van der Waals surface area contributed by atoms with Crippen LogP contribution in [0.2, 0.25) is 0 Å². The van der Waals surface area contributed by atoms with E-state index in [-0.39, 0.29) is 5.78 Å². The van der Waals surface area contributed by atoms with Crippen LogP contribution < -0.4 is 4.74 Å². The second-order valence-electron chi connectivity index (χ2n) is 6.40. The zero-order valence-electron chi connectivity index (χ0n) is 15.9. The van der Waals surface area contributed by atoms with Crippen molar-refractivity contribution in [1.29, 1.82) is 0 Å². The smallest absolute Gasteiger partial charge is 0.338 e. The van der Waals surface area contributed by atoms with Crippen molar-refractivity contribution < 1.29 is 19.1 Å². The first-order chi connectivity index (χ1) is 13.6. The van der Waals surface area contributed by atoms with Gasteiger partial charge in [0.1, 0.15) is 11.5 Å². The van der Waals surface area contributed by atoms with E-state index in [9.17, 15) is 9.59 Å². The number of benzene rings is 3. The Kier molecular flexibility index (Phi) is 6.22. The van der Waals surface area contributed by atoms with Gasteiger partial charge in [-0.05, 0) is 55.3 Å². The Labute approximate surface area is 164 Å². The maximum absolute atomic E-state index is 12.5. The molecule has 3 aromatic rings. The van der Waals surface area contributed by atoms with Crippen molar-refractivity contribution in [1.82, 2.24) is 0 Å². The molecule has 0 N–H and O–H groups in total. The van der Waals surface area contributed by atoms with Gasteiger partial charge < -0.3 is 9.47 Å². The fraction of sp³-hybridized carbons (Fsp3) is 0.167. The molecule has 4 heteroatoms. The van der Waals surface area contributed by atoms with Crippen molar-refractivity contribution in [3.8, 4) is 11.5 Å². The molecule has 0 spiro atoms. The van der Waals surface area contributed by atoms with Gasteiger partial charge in [-0.3, -0.25) is 4.79 Å². The molecule has 0 aliphatic carbocycles. The van der Waals surface area contributed by atoms with Crippen LogP contribution >= 0.6 is 0 Å². The predicted octanol–water partition coefficient (Wildman–Crippen LogP) is 5.47. The Morgan fingerprint density at radius 2 is 1.36 bits per heavy atom. The standard InChI is InChI=1S/C24H22O4/c1-3-18-9-11-19(12-10-18)23(25)17(2)27-24(26)20-13-15-22(16-14-20)28-21-7-5-4-6-8-21/h4-17H,3H2,1-2H3. The third-order valence-electron chi connectivity index (χ3n) is 4.37. The minimum atomic E-state index is -0.861. The highest BCUT2D eigenvalue weighted by Gasteiger charge is 2.20. The fourth-order valence-electron chi connectivity index (χ4n) is 2.71. The molecule has 28 heavy (non-hydrogen) atoms. The average molecular weight is 374 g/mol. The van der Waals surface area contributed by atoms with E-state index in [4.69, 9.17) is 9.47 Å². The third-order valence-corrected chi connectivity index (χ3v) is 4.37. The zero-order chi connectivity index (χ0) is 19.9. The zero-order valence-corrected chi connectivity index (χ0v) is 15.9. The highest BCUT2D eigenvalue weighted by Crippen LogP contribution is 2.21. The van der Waals surface area contributed by atoms with Gasteiger partial charge in [0, 0.05) is 5.56 Å². The van der Waals surface area contributed by atoms with Gasteiger partial charge in [-0.25, -0.2) is 4.79 Å². The summed E-state index contributed by atoms with van der Waals surface area (Å²) in [5.41, 5.74) is 2.05. The third kappa shape index (κ3) is 4.86. The van der Waals surface area contributed by atoms with Crippen LogP contribution in [0.4, 0.5) is 0 Å². The first-order valence-corrected chi connectivity index (χ1v) is 9.24. The van der Waals surface area contributed by atoms with E-state index in [1.165, 1.54) is 0 Å². The minimum absolute atomic E-state index is 0.222. The van der Waals surface area contributed by atoms with Crippen LogP contribution in [0.3, 0.4) is 0 Å². The van der Waals surface area contributed by atoms with Crippen molar-refractivity contribution in [2.45, 2.75) is 26.4 Å². The maximum atomic E-state index is 12.5. The van der Waals surface area contributed by atoms with E-state index in [0.29, 0.717) is 22.6 Å². The lowest BCUT2D eigenvalue weighted by atomic mass is 10.0. The highest BCUT2D eigenvalue weighted by atomic mass is 16.5. The number of rotatable bonds is 7. The molecule has 1 atom stereocenters. The van der Waals surface area contributed by atoms with Crippen LogP contribution in [-0.2, 0) is 11.2 Å². The normalized spacial score (nSPS) is 11.5. The Hall–Kier alpha value is -3.40. The van der Waals surface area contributed by atoms with Gasteiger partial charge in [-0.1, -0.05) is 49.4 Å². The molecule has 3 rings (SSSR count). The van der Waals surface area contributed by atoms with Crippen molar-refractivity contribution in [2.24, 2.45) is 0 Å². The summed E-state index contributed by atoms with van der Waals surface area (Å²) in [6.45, 7) is 3.64. The first kappa shape index (κ1) is 19.4. The summed E-state index contributed by atoms with van der Waals surface area (Å²) >= 11 is 0. The summed E-state index contributed by atoms with van der Waals surface area (Å²) in [4.78, 5) is 24.8. The molecule has 0 saturated heterocycles. The molecular formula is C24H22O4. The minimum Gasteiger partial charge on any atom is -0.457 e. The molecule has 0 heterocycles. The van der Waals surface area contributed by atoms with Crippen LogP contribution in [0.1, 0.15) is 40.1 Å². The Balaban J connectivity index is 1.60. The lowest BCUT2D eigenvalue weighted by Gasteiger charge is -2.13. The fourth-order valence-corrected chi connectivity index (χ4v) is 2.71. The van der Waals surface area contributed by atoms with Gasteiger partial charge in [-0.2, -0.15) is 0 Å². The molecule has 0 aliphatic rings. The topological polar surface area (TPSA) is 52.6 Å². The lowest BCUT2D eigenvalue weighted by molar-refractivity contribution is 0.0319. The number of hydrogen-bond donors (Lipinski definition) is 0. The number of carbonyl (C=O) groups is 2. The summed E-state index contributed by atoms with van der Waals surface area (Å²) in [7, 11) is 0. The van der Waals surface area contributed by atoms with Gasteiger partial charge >= 0.3 is 5.97 Å². The first-order valence-electron chi connectivity index (χ1n) is 9.24. The average Bonchev–Trinajstić information content (AvgIpc) is 2.74. The van der Waals surface area contributed by atoms with Crippen LogP contribution in [0.5, 0.6) is 11.5 Å². The van der Waals surface area contributed by atoms with Gasteiger partial charge in [0.25, 0.3) is 0 Å². The molecule has 0 radical (unpaired) electrons. The molecule has 142 valence electrons. The van der Waals surface area contributed by atoms with Crippen LogP contribution in [0, 0.1) is 0 Å². The summed E-state index contributed by atoms with van der Waals surface area (Å²) in [6, 6.07) is 23.4. The number of Topliss-reactive ketones (excluding diaryl/α,β-unsaturated/α-hetero) is 1. The molecule has 0 bridgehead atoms. The summed E-state index contributed by atoms with van der Waals surface area (Å²) in [5.74, 6) is 0.561. The molecule has 1 unspecified atom stereocenters. The second kappa shape index (κ2) is 9.00. The Morgan fingerprint density at radius 1 is 0.786 bits per heavy atom. The van der Waals surface area contributed by atoms with Crippen LogP contribution in [0.25, 0.3) is 0 Å². The summed E-state index contributed by atoms with van der Waals surface area (Å²) in [5, 5.41) is 0. The number of ether oxygens (including phenoxy) is 2. The monoisotopic (exact) mass is 374 g/mol. The molecule has 4 nitrogen and oxygen atoms in total. The van der Waals surface area contributed by atoms with E-state index in [0.717, 1.165) is 12.0 Å². The number of ketones is 1. The van der Waals surface area contributed by atoms with Gasteiger partial charge in [-0.15, -0.1) is 0 Å². The van der Waals surface area contributed by atoms with E-state index in [1.807, 2.05) is 42.5 Å². The van der Waals surface area contributed by atoms with Crippen molar-refractivity contribution in [3.63, 3.8) is 0 Å².